The van der Waals surface area contributed by atoms with Gasteiger partial charge in [0.2, 0.25) is 0 Å². The maximum Gasteiger partial charge on any atom is 0.273 e. The Balaban J connectivity index is 2.58. The van der Waals surface area contributed by atoms with Gasteiger partial charge < -0.3 is 4.89 Å². The van der Waals surface area contributed by atoms with Gasteiger partial charge >= 0.3 is 0 Å². The quantitative estimate of drug-likeness (QED) is 0.563. The number of rotatable bonds is 0. The first kappa shape index (κ1) is 6.88. The van der Waals surface area contributed by atoms with E-state index in [4.69, 9.17) is 11.6 Å². The summed E-state index contributed by atoms with van der Waals surface area (Å²) in [6, 6.07) is 4.86. The Kier molecular flexibility index (Phi) is 1.47. The van der Waals surface area contributed by atoms with Crippen molar-refractivity contribution in [3.63, 3.8) is 0 Å². The Bertz CT molecular complexity index is 290. The Hall–Kier alpha value is -0.800. The van der Waals surface area contributed by atoms with Crippen LogP contribution in [0.25, 0.3) is 0 Å². The molecule has 0 fully saturated rings. The first-order valence-corrected chi connectivity index (χ1v) is 3.42. The zero-order valence-electron chi connectivity index (χ0n) is 5.38. The van der Waals surface area contributed by atoms with Gasteiger partial charge in [0.1, 0.15) is 0 Å². The minimum Gasteiger partial charge on any atom is -0.334 e. The number of hydrogen-bond acceptors (Lipinski definition) is 2. The molecule has 1 aromatic rings. The summed E-state index contributed by atoms with van der Waals surface area (Å²) in [7, 11) is 0. The van der Waals surface area contributed by atoms with Gasteiger partial charge in [-0.1, -0.05) is 17.7 Å². The Morgan fingerprint density at radius 1 is 1.45 bits per heavy atom. The predicted molar refractivity (Wildman–Crippen MR) is 37.0 cm³/mol. The third-order valence-corrected chi connectivity index (χ3v) is 1.79. The molecule has 0 saturated heterocycles. The SMILES string of the molecule is FC1OOc2cccc(Cl)c21. The summed E-state index contributed by atoms with van der Waals surface area (Å²) in [5.74, 6) is 0.352. The summed E-state index contributed by atoms with van der Waals surface area (Å²) in [5.41, 5.74) is 0.272. The smallest absolute Gasteiger partial charge is 0.273 e. The molecule has 0 amide bonds. The second-order valence-corrected chi connectivity index (χ2v) is 2.55. The third kappa shape index (κ3) is 0.968. The van der Waals surface area contributed by atoms with Gasteiger partial charge in [-0.25, -0.2) is 4.39 Å². The second kappa shape index (κ2) is 2.36. The van der Waals surface area contributed by atoms with Crippen molar-refractivity contribution >= 4 is 11.6 Å². The molecule has 1 aliphatic heterocycles. The number of alkyl halides is 1. The van der Waals surface area contributed by atoms with E-state index in [-0.39, 0.29) is 5.56 Å². The Labute approximate surface area is 67.4 Å². The van der Waals surface area contributed by atoms with Crippen LogP contribution in [0.2, 0.25) is 5.02 Å². The highest BCUT2D eigenvalue weighted by Gasteiger charge is 2.27. The van der Waals surface area contributed by atoms with Crippen molar-refractivity contribution in [2.75, 3.05) is 0 Å². The van der Waals surface area contributed by atoms with Crippen LogP contribution in [0, 0.1) is 0 Å². The van der Waals surface area contributed by atoms with Crippen LogP contribution >= 0.6 is 11.6 Å². The molecule has 0 radical (unpaired) electrons. The topological polar surface area (TPSA) is 18.5 Å². The molecule has 0 saturated carbocycles. The lowest BCUT2D eigenvalue weighted by Crippen LogP contribution is -1.87. The van der Waals surface area contributed by atoms with E-state index >= 15 is 0 Å². The van der Waals surface area contributed by atoms with Crippen molar-refractivity contribution in [2.24, 2.45) is 0 Å². The maximum absolute atomic E-state index is 12.7. The summed E-state index contributed by atoms with van der Waals surface area (Å²) >= 11 is 5.66. The molecule has 0 aliphatic carbocycles. The predicted octanol–water partition coefficient (Wildman–Crippen LogP) is 2.63. The monoisotopic (exact) mass is 174 g/mol. The van der Waals surface area contributed by atoms with E-state index in [0.29, 0.717) is 10.8 Å². The van der Waals surface area contributed by atoms with Gasteiger partial charge in [0, 0.05) is 0 Å². The molecule has 0 N–H and O–H groups in total. The molecule has 0 spiro atoms. The lowest BCUT2D eigenvalue weighted by atomic mass is 10.2. The molecule has 4 heteroatoms. The highest BCUT2D eigenvalue weighted by Crippen LogP contribution is 2.40. The molecule has 0 aromatic heterocycles. The molecule has 2 rings (SSSR count). The van der Waals surface area contributed by atoms with Crippen molar-refractivity contribution in [2.45, 2.75) is 6.36 Å². The fourth-order valence-electron chi connectivity index (χ4n) is 0.952. The van der Waals surface area contributed by atoms with Crippen molar-refractivity contribution in [3.8, 4) is 5.75 Å². The van der Waals surface area contributed by atoms with Crippen LogP contribution in [0.4, 0.5) is 4.39 Å². The minimum atomic E-state index is -1.56. The van der Waals surface area contributed by atoms with Crippen LogP contribution in [0.1, 0.15) is 11.9 Å². The molecule has 1 aromatic carbocycles. The average Bonchev–Trinajstić information content (AvgIpc) is 2.34. The van der Waals surface area contributed by atoms with E-state index in [0.717, 1.165) is 0 Å². The van der Waals surface area contributed by atoms with E-state index < -0.39 is 6.36 Å². The largest absolute Gasteiger partial charge is 0.334 e. The van der Waals surface area contributed by atoms with Gasteiger partial charge in [0.05, 0.1) is 10.6 Å². The van der Waals surface area contributed by atoms with Crippen molar-refractivity contribution < 1.29 is 14.2 Å². The lowest BCUT2D eigenvalue weighted by Gasteiger charge is -1.95. The molecule has 1 atom stereocenters. The summed E-state index contributed by atoms with van der Waals surface area (Å²) in [4.78, 5) is 8.79. The van der Waals surface area contributed by atoms with Crippen molar-refractivity contribution in [3.05, 3.63) is 28.8 Å². The fraction of sp³-hybridized carbons (Fsp3) is 0.143. The third-order valence-electron chi connectivity index (χ3n) is 1.46. The van der Waals surface area contributed by atoms with Crippen LogP contribution in [-0.4, -0.2) is 0 Å². The number of hydrogen-bond donors (Lipinski definition) is 0. The van der Waals surface area contributed by atoms with Gasteiger partial charge in [-0.15, -0.1) is 4.89 Å². The lowest BCUT2D eigenvalue weighted by molar-refractivity contribution is -0.260. The van der Waals surface area contributed by atoms with E-state index in [1.54, 1.807) is 18.2 Å². The molecule has 1 heterocycles. The number of benzene rings is 1. The van der Waals surface area contributed by atoms with E-state index in [2.05, 4.69) is 9.78 Å². The highest BCUT2D eigenvalue weighted by atomic mass is 35.5. The van der Waals surface area contributed by atoms with Crippen molar-refractivity contribution in [1.82, 2.24) is 0 Å². The molecule has 2 nitrogen and oxygen atoms in total. The average molecular weight is 175 g/mol. The molecule has 0 bridgehead atoms. The molecule has 11 heavy (non-hydrogen) atoms. The standard InChI is InChI=1S/C7H4ClFO2/c8-4-2-1-3-5-6(4)7(9)11-10-5/h1-3,7H. The molecular formula is C7H4ClFO2. The van der Waals surface area contributed by atoms with Gasteiger partial charge in [-0.3, -0.25) is 0 Å². The van der Waals surface area contributed by atoms with Gasteiger partial charge in [-0.05, 0) is 12.1 Å². The minimum absolute atomic E-state index is 0.272. The Morgan fingerprint density at radius 3 is 3.00 bits per heavy atom. The molecule has 58 valence electrons. The van der Waals surface area contributed by atoms with E-state index in [1.807, 2.05) is 0 Å². The van der Waals surface area contributed by atoms with Crippen molar-refractivity contribution in [1.29, 1.82) is 0 Å². The van der Waals surface area contributed by atoms with Gasteiger partial charge in [0.15, 0.2) is 5.75 Å². The number of fused-ring (bicyclic) bond motifs is 1. The van der Waals surface area contributed by atoms with Crippen LogP contribution < -0.4 is 4.89 Å². The van der Waals surface area contributed by atoms with Gasteiger partial charge in [0.25, 0.3) is 6.36 Å². The second-order valence-electron chi connectivity index (χ2n) is 2.15. The van der Waals surface area contributed by atoms with E-state index in [9.17, 15) is 4.39 Å². The summed E-state index contributed by atoms with van der Waals surface area (Å²) < 4.78 is 12.7. The maximum atomic E-state index is 12.7. The summed E-state index contributed by atoms with van der Waals surface area (Å²) in [6.45, 7) is 0. The molecular weight excluding hydrogens is 171 g/mol. The van der Waals surface area contributed by atoms with Crippen LogP contribution in [0.5, 0.6) is 5.75 Å². The zero-order valence-corrected chi connectivity index (χ0v) is 6.14. The first-order chi connectivity index (χ1) is 5.29. The Morgan fingerprint density at radius 2 is 2.27 bits per heavy atom. The summed E-state index contributed by atoms with van der Waals surface area (Å²) in [6.07, 6.45) is -1.56. The molecule has 1 unspecified atom stereocenters. The summed E-state index contributed by atoms with van der Waals surface area (Å²) in [5, 5.41) is 0.326. The highest BCUT2D eigenvalue weighted by molar-refractivity contribution is 6.31. The molecule has 1 aliphatic rings. The fourth-order valence-corrected chi connectivity index (χ4v) is 1.20. The zero-order chi connectivity index (χ0) is 7.84. The van der Waals surface area contributed by atoms with Crippen LogP contribution in [-0.2, 0) is 4.89 Å². The van der Waals surface area contributed by atoms with E-state index in [1.165, 1.54) is 0 Å². The van der Waals surface area contributed by atoms with Gasteiger partial charge in [-0.2, -0.15) is 0 Å². The van der Waals surface area contributed by atoms with Crippen LogP contribution in [0.15, 0.2) is 18.2 Å². The van der Waals surface area contributed by atoms with Crippen LogP contribution in [0.3, 0.4) is 0 Å². The number of halogens is 2. The first-order valence-electron chi connectivity index (χ1n) is 3.05. The normalized spacial score (nSPS) is 21.1.